The number of carbonyl (C=O) groups is 1. The Balaban J connectivity index is 1.71. The molecule has 1 aliphatic rings. The van der Waals surface area contributed by atoms with E-state index in [2.05, 4.69) is 5.16 Å². The molecule has 0 spiro atoms. The van der Waals surface area contributed by atoms with Gasteiger partial charge in [0.05, 0.1) is 18.2 Å². The van der Waals surface area contributed by atoms with Crippen molar-refractivity contribution >= 4 is 23.4 Å². The lowest BCUT2D eigenvalue weighted by Crippen LogP contribution is -2.18. The fourth-order valence-electron chi connectivity index (χ4n) is 3.31. The quantitative estimate of drug-likeness (QED) is 0.290. The number of rotatable bonds is 8. The third kappa shape index (κ3) is 4.90. The molecule has 0 atom stereocenters. The number of hydrogen-bond acceptors (Lipinski definition) is 7. The van der Waals surface area contributed by atoms with E-state index in [0.717, 1.165) is 25.9 Å². The van der Waals surface area contributed by atoms with Crippen LogP contribution in [0.4, 0.5) is 11.4 Å². The summed E-state index contributed by atoms with van der Waals surface area (Å²) in [5, 5.41) is 15.4. The fourth-order valence-corrected chi connectivity index (χ4v) is 3.31. The smallest absolute Gasteiger partial charge is 0.293 e. The SMILES string of the molecule is COc1ccc(C(C)=O)cc1CO/N=C/c1ccc(N2CCCC2)c([N+](=O)[O-])c1. The van der Waals surface area contributed by atoms with Gasteiger partial charge in [-0.3, -0.25) is 14.9 Å². The average Bonchev–Trinajstić information content (AvgIpc) is 3.25. The van der Waals surface area contributed by atoms with E-state index in [1.807, 2.05) is 4.90 Å². The standard InChI is InChI=1S/C21H23N3O5/c1-15(25)17-6-8-21(28-2)18(12-17)14-29-22-13-16-5-7-19(20(11-16)24(26)27)23-9-3-4-10-23/h5-8,11-13H,3-4,9-10,14H2,1-2H3/b22-13+. The zero-order valence-corrected chi connectivity index (χ0v) is 16.5. The minimum Gasteiger partial charge on any atom is -0.496 e. The Morgan fingerprint density at radius 2 is 2.00 bits per heavy atom. The summed E-state index contributed by atoms with van der Waals surface area (Å²) in [5.74, 6) is 0.540. The lowest BCUT2D eigenvalue weighted by Gasteiger charge is -2.17. The number of Topliss-reactive ketones (excluding diaryl/α,β-unsaturated/α-hetero) is 1. The van der Waals surface area contributed by atoms with E-state index < -0.39 is 0 Å². The first-order valence-corrected chi connectivity index (χ1v) is 9.36. The normalized spacial score (nSPS) is 13.7. The van der Waals surface area contributed by atoms with Crippen LogP contribution >= 0.6 is 0 Å². The monoisotopic (exact) mass is 397 g/mol. The first-order valence-electron chi connectivity index (χ1n) is 9.36. The van der Waals surface area contributed by atoms with Crippen molar-refractivity contribution in [3.8, 4) is 5.75 Å². The third-order valence-electron chi connectivity index (χ3n) is 4.83. The van der Waals surface area contributed by atoms with E-state index in [0.29, 0.717) is 28.1 Å². The van der Waals surface area contributed by atoms with E-state index in [-0.39, 0.29) is 23.0 Å². The Labute approximate surface area is 168 Å². The molecule has 0 amide bonds. The minimum absolute atomic E-state index is 0.0530. The van der Waals surface area contributed by atoms with Crippen molar-refractivity contribution in [2.45, 2.75) is 26.4 Å². The Morgan fingerprint density at radius 3 is 2.66 bits per heavy atom. The lowest BCUT2D eigenvalue weighted by molar-refractivity contribution is -0.384. The summed E-state index contributed by atoms with van der Waals surface area (Å²) in [5.41, 5.74) is 2.52. The highest BCUT2D eigenvalue weighted by Crippen LogP contribution is 2.31. The van der Waals surface area contributed by atoms with E-state index in [9.17, 15) is 14.9 Å². The van der Waals surface area contributed by atoms with Gasteiger partial charge in [0.1, 0.15) is 18.0 Å². The number of anilines is 1. The van der Waals surface area contributed by atoms with Gasteiger partial charge in [-0.25, -0.2) is 0 Å². The summed E-state index contributed by atoms with van der Waals surface area (Å²) in [6.45, 7) is 3.26. The Kier molecular flexibility index (Phi) is 6.43. The fraction of sp³-hybridized carbons (Fsp3) is 0.333. The number of benzene rings is 2. The molecule has 0 N–H and O–H groups in total. The summed E-state index contributed by atoms with van der Waals surface area (Å²) >= 11 is 0. The van der Waals surface area contributed by atoms with Crippen LogP contribution in [0.2, 0.25) is 0 Å². The molecule has 0 bridgehead atoms. The van der Waals surface area contributed by atoms with Gasteiger partial charge in [-0.2, -0.15) is 0 Å². The second-order valence-corrected chi connectivity index (χ2v) is 6.79. The summed E-state index contributed by atoms with van der Waals surface area (Å²) in [7, 11) is 1.54. The number of nitrogens with zero attached hydrogens (tertiary/aromatic N) is 3. The lowest BCUT2D eigenvalue weighted by atomic mass is 10.1. The van der Waals surface area contributed by atoms with Crippen molar-refractivity contribution < 1.29 is 19.3 Å². The highest BCUT2D eigenvalue weighted by molar-refractivity contribution is 5.94. The highest BCUT2D eigenvalue weighted by atomic mass is 16.6. The molecule has 2 aromatic rings. The van der Waals surface area contributed by atoms with Gasteiger partial charge >= 0.3 is 0 Å². The van der Waals surface area contributed by atoms with Crippen molar-refractivity contribution in [1.82, 2.24) is 0 Å². The zero-order chi connectivity index (χ0) is 20.8. The zero-order valence-electron chi connectivity index (χ0n) is 16.5. The van der Waals surface area contributed by atoms with Crippen LogP contribution in [0, 0.1) is 10.1 Å². The predicted octanol–water partition coefficient (Wildman–Crippen LogP) is 3.96. The molecule has 0 aliphatic carbocycles. The number of hydrogen-bond donors (Lipinski definition) is 0. The van der Waals surface area contributed by atoms with Crippen LogP contribution in [0.5, 0.6) is 5.75 Å². The van der Waals surface area contributed by atoms with Gasteiger partial charge in [-0.1, -0.05) is 11.2 Å². The van der Waals surface area contributed by atoms with Crippen molar-refractivity contribution in [3.05, 3.63) is 63.2 Å². The summed E-state index contributed by atoms with van der Waals surface area (Å²) in [6.07, 6.45) is 3.52. The van der Waals surface area contributed by atoms with Crippen LogP contribution in [0.1, 0.15) is 41.3 Å². The van der Waals surface area contributed by atoms with Gasteiger partial charge in [0.15, 0.2) is 5.78 Å². The predicted molar refractivity (Wildman–Crippen MR) is 110 cm³/mol. The van der Waals surface area contributed by atoms with Gasteiger partial charge in [0.25, 0.3) is 5.69 Å². The van der Waals surface area contributed by atoms with E-state index in [1.54, 1.807) is 30.3 Å². The number of nitro benzene ring substituents is 1. The Morgan fingerprint density at radius 1 is 1.24 bits per heavy atom. The molecule has 1 fully saturated rings. The molecule has 3 rings (SSSR count). The van der Waals surface area contributed by atoms with E-state index in [4.69, 9.17) is 9.57 Å². The maximum atomic E-state index is 11.6. The number of methoxy groups -OCH3 is 1. The maximum absolute atomic E-state index is 11.6. The summed E-state index contributed by atoms with van der Waals surface area (Å²) < 4.78 is 5.28. The molecule has 2 aromatic carbocycles. The third-order valence-corrected chi connectivity index (χ3v) is 4.83. The topological polar surface area (TPSA) is 94.3 Å². The number of ketones is 1. The van der Waals surface area contributed by atoms with Gasteiger partial charge in [0.2, 0.25) is 0 Å². The van der Waals surface area contributed by atoms with Crippen molar-refractivity contribution in [3.63, 3.8) is 0 Å². The van der Waals surface area contributed by atoms with Crippen molar-refractivity contribution in [2.75, 3.05) is 25.1 Å². The molecule has 0 unspecified atom stereocenters. The largest absolute Gasteiger partial charge is 0.496 e. The number of oxime groups is 1. The van der Waals surface area contributed by atoms with Gasteiger partial charge in [-0.15, -0.1) is 0 Å². The second-order valence-electron chi connectivity index (χ2n) is 6.79. The van der Waals surface area contributed by atoms with Crippen LogP contribution in [-0.4, -0.2) is 37.1 Å². The average molecular weight is 397 g/mol. The van der Waals surface area contributed by atoms with Crippen LogP contribution < -0.4 is 9.64 Å². The molecule has 1 heterocycles. The Hall–Kier alpha value is -3.42. The molecule has 152 valence electrons. The molecule has 8 nitrogen and oxygen atoms in total. The summed E-state index contributed by atoms with van der Waals surface area (Å²) in [4.78, 5) is 30.0. The Bertz CT molecular complexity index is 936. The molecule has 29 heavy (non-hydrogen) atoms. The highest BCUT2D eigenvalue weighted by Gasteiger charge is 2.22. The molecular formula is C21H23N3O5. The van der Waals surface area contributed by atoms with Crippen LogP contribution in [-0.2, 0) is 11.4 Å². The van der Waals surface area contributed by atoms with Crippen LogP contribution in [0.15, 0.2) is 41.6 Å². The minimum atomic E-state index is -0.371. The van der Waals surface area contributed by atoms with E-state index in [1.165, 1.54) is 26.3 Å². The number of ether oxygens (including phenoxy) is 1. The molecule has 0 saturated carbocycles. The van der Waals surface area contributed by atoms with Gasteiger partial charge in [-0.05, 0) is 44.0 Å². The molecular weight excluding hydrogens is 374 g/mol. The molecule has 1 saturated heterocycles. The first-order chi connectivity index (χ1) is 14.0. The molecule has 0 aromatic heterocycles. The first kappa shape index (κ1) is 20.3. The van der Waals surface area contributed by atoms with Crippen molar-refractivity contribution in [2.24, 2.45) is 5.16 Å². The van der Waals surface area contributed by atoms with Crippen LogP contribution in [0.25, 0.3) is 0 Å². The molecule has 1 aliphatic heterocycles. The molecule has 0 radical (unpaired) electrons. The van der Waals surface area contributed by atoms with Crippen LogP contribution in [0.3, 0.4) is 0 Å². The van der Waals surface area contributed by atoms with Gasteiger partial charge in [0, 0.05) is 35.8 Å². The number of carbonyl (C=O) groups excluding carboxylic acids is 1. The maximum Gasteiger partial charge on any atom is 0.293 e. The van der Waals surface area contributed by atoms with Crippen molar-refractivity contribution in [1.29, 1.82) is 0 Å². The van der Waals surface area contributed by atoms with Gasteiger partial charge < -0.3 is 14.5 Å². The van der Waals surface area contributed by atoms with E-state index >= 15 is 0 Å². The number of nitro groups is 1. The molecule has 8 heteroatoms. The summed E-state index contributed by atoms with van der Waals surface area (Å²) in [6, 6.07) is 10.1. The second kappa shape index (κ2) is 9.18.